The van der Waals surface area contributed by atoms with E-state index < -0.39 is 0 Å². The average Bonchev–Trinajstić information content (AvgIpc) is 3.33. The molecule has 62 heavy (non-hydrogen) atoms. The molecule has 6 rings (SSSR count). The largest absolute Gasteiger partial charge is 0.496 e. The van der Waals surface area contributed by atoms with Crippen molar-refractivity contribution in [1.82, 2.24) is 0 Å². The van der Waals surface area contributed by atoms with Gasteiger partial charge in [-0.1, -0.05) is 228 Å². The van der Waals surface area contributed by atoms with E-state index in [1.54, 1.807) is 26.2 Å². The second-order valence-corrected chi connectivity index (χ2v) is 11.8. The lowest BCUT2D eigenvalue weighted by Gasteiger charge is -2.04. The van der Waals surface area contributed by atoms with Crippen LogP contribution in [0.5, 0.6) is 11.5 Å². The molecule has 4 heteroatoms. The first kappa shape index (κ1) is 68.9. The van der Waals surface area contributed by atoms with Gasteiger partial charge in [0.05, 0.1) is 13.7 Å². The Labute approximate surface area is 389 Å². The standard InChI is InChI=1S/C9H12O.C8H10O.C8H10.C7H7Cl.C7H7F.C7H8.6C2H6/c1-3-10-9-7-5-4-6-8(9)2;1-7-5-3-4-6-8(7)9-2;1-7-5-3-4-6-8(7)2;2*1-6-4-2-3-5-7(6)8;1-7-5-3-2-4-6-7;6*1-2/h4-7H,3H2,1-2H3;3-6H,1-2H3;3-6H,1-2H3;2*2-5H,1H3;2-6H,1H3;6*1-2H3. The number of para-hydroxylation sites is 2. The Kier molecular flexibility index (Phi) is 60.1. The van der Waals surface area contributed by atoms with Crippen LogP contribution >= 0.6 is 11.6 Å². The molecule has 0 aromatic heterocycles. The predicted octanol–water partition coefficient (Wildman–Crippen LogP) is 19.6. The number of ether oxygens (including phenoxy) is 2. The third kappa shape index (κ3) is 40.5. The summed E-state index contributed by atoms with van der Waals surface area (Å²) in [5.74, 6) is 1.81. The SMILES string of the molecule is CC.CC.CC.CC.CC.CC.CCOc1ccccc1C.COc1ccccc1C.Cc1ccccc1.Cc1ccccc1C.Cc1ccccc1Cl.Cc1ccccc1F. The zero-order chi connectivity index (χ0) is 49.1. The van der Waals surface area contributed by atoms with Crippen LogP contribution in [0.25, 0.3) is 0 Å². The number of hydrogen-bond acceptors (Lipinski definition) is 2. The fraction of sp³-hybridized carbons (Fsp3) is 0.379. The smallest absolute Gasteiger partial charge is 0.126 e. The maximum atomic E-state index is 12.3. The Bertz CT molecular complexity index is 1590. The van der Waals surface area contributed by atoms with E-state index in [0.717, 1.165) is 28.7 Å². The lowest BCUT2D eigenvalue weighted by Crippen LogP contribution is -1.92. The summed E-state index contributed by atoms with van der Waals surface area (Å²) < 4.78 is 22.7. The van der Waals surface area contributed by atoms with Crippen LogP contribution in [0.1, 0.15) is 129 Å². The van der Waals surface area contributed by atoms with Crippen molar-refractivity contribution in [2.45, 2.75) is 138 Å². The fourth-order valence-electron chi connectivity index (χ4n) is 3.96. The van der Waals surface area contributed by atoms with Crippen LogP contribution in [-0.4, -0.2) is 13.7 Å². The molecule has 0 amide bonds. The van der Waals surface area contributed by atoms with Gasteiger partial charge in [-0.2, -0.15) is 0 Å². The molecular weight excluding hydrogens is 783 g/mol. The molecule has 0 fully saturated rings. The van der Waals surface area contributed by atoms with E-state index >= 15 is 0 Å². The van der Waals surface area contributed by atoms with Gasteiger partial charge in [-0.3, -0.25) is 0 Å². The minimum Gasteiger partial charge on any atom is -0.496 e. The summed E-state index contributed by atoms with van der Waals surface area (Å²) in [7, 11) is 1.68. The summed E-state index contributed by atoms with van der Waals surface area (Å²) in [6.07, 6.45) is 0. The van der Waals surface area contributed by atoms with Gasteiger partial charge < -0.3 is 9.47 Å². The van der Waals surface area contributed by atoms with E-state index in [0.29, 0.717) is 5.56 Å². The van der Waals surface area contributed by atoms with Gasteiger partial charge in [-0.25, -0.2) is 4.39 Å². The lowest BCUT2D eigenvalue weighted by atomic mass is 10.1. The predicted molar refractivity (Wildman–Crippen MR) is 283 cm³/mol. The summed E-state index contributed by atoms with van der Waals surface area (Å²) in [4.78, 5) is 0. The van der Waals surface area contributed by atoms with Crippen molar-refractivity contribution in [3.8, 4) is 11.5 Å². The van der Waals surface area contributed by atoms with Crippen LogP contribution in [0.3, 0.4) is 0 Å². The van der Waals surface area contributed by atoms with Crippen molar-refractivity contribution >= 4 is 11.6 Å². The summed E-state index contributed by atoms with van der Waals surface area (Å²) in [5.41, 5.74) is 8.27. The zero-order valence-electron chi connectivity index (χ0n) is 43.2. The van der Waals surface area contributed by atoms with Crippen LogP contribution in [0.2, 0.25) is 5.02 Å². The van der Waals surface area contributed by atoms with Crippen molar-refractivity contribution in [2.75, 3.05) is 13.7 Å². The van der Waals surface area contributed by atoms with Crippen molar-refractivity contribution in [2.24, 2.45) is 0 Å². The van der Waals surface area contributed by atoms with Crippen LogP contribution < -0.4 is 9.47 Å². The maximum Gasteiger partial charge on any atom is 0.126 e. The molecule has 0 radical (unpaired) electrons. The molecule has 0 bridgehead atoms. The molecule has 0 aliphatic heterocycles. The number of halogens is 2. The van der Waals surface area contributed by atoms with Gasteiger partial charge in [0.25, 0.3) is 0 Å². The third-order valence-corrected chi connectivity index (χ3v) is 7.65. The average molecular weight is 874 g/mol. The Balaban J connectivity index is -0.000000145. The van der Waals surface area contributed by atoms with E-state index in [9.17, 15) is 4.39 Å². The van der Waals surface area contributed by atoms with E-state index in [-0.39, 0.29) is 5.82 Å². The summed E-state index contributed by atoms with van der Waals surface area (Å²) >= 11 is 5.71. The molecule has 0 N–H and O–H groups in total. The number of methoxy groups -OCH3 is 1. The highest BCUT2D eigenvalue weighted by atomic mass is 35.5. The number of rotatable bonds is 3. The van der Waals surface area contributed by atoms with Gasteiger partial charge in [-0.05, 0) is 113 Å². The second-order valence-electron chi connectivity index (χ2n) is 11.4. The summed E-state index contributed by atoms with van der Waals surface area (Å²) in [6.45, 7) is 40.9. The van der Waals surface area contributed by atoms with Crippen LogP contribution in [0.4, 0.5) is 4.39 Å². The third-order valence-electron chi connectivity index (χ3n) is 7.23. The minimum atomic E-state index is -0.132. The van der Waals surface area contributed by atoms with Gasteiger partial charge in [-0.15, -0.1) is 0 Å². The van der Waals surface area contributed by atoms with Gasteiger partial charge in [0.1, 0.15) is 17.3 Å². The van der Waals surface area contributed by atoms with Gasteiger partial charge in [0, 0.05) is 5.02 Å². The molecule has 0 unspecified atom stereocenters. The number of hydrogen-bond donors (Lipinski definition) is 0. The first-order valence-electron chi connectivity index (χ1n) is 22.7. The van der Waals surface area contributed by atoms with Crippen LogP contribution in [0.15, 0.2) is 152 Å². The van der Waals surface area contributed by atoms with Crippen LogP contribution in [0, 0.1) is 54.3 Å². The zero-order valence-corrected chi connectivity index (χ0v) is 44.0. The molecule has 0 heterocycles. The van der Waals surface area contributed by atoms with Crippen molar-refractivity contribution in [3.63, 3.8) is 0 Å². The molecule has 6 aromatic carbocycles. The minimum absolute atomic E-state index is 0.132. The topological polar surface area (TPSA) is 18.5 Å². The van der Waals surface area contributed by atoms with E-state index in [4.69, 9.17) is 21.1 Å². The molecular formula is C58H90ClFO2. The highest BCUT2D eigenvalue weighted by Crippen LogP contribution is 2.16. The number of aryl methyl sites for hydroxylation is 7. The monoisotopic (exact) mass is 873 g/mol. The molecule has 2 nitrogen and oxygen atoms in total. The molecule has 0 aliphatic carbocycles. The molecule has 0 saturated carbocycles. The lowest BCUT2D eigenvalue weighted by molar-refractivity contribution is 0.338. The molecule has 348 valence electrons. The van der Waals surface area contributed by atoms with Crippen molar-refractivity contribution < 1.29 is 13.9 Å². The van der Waals surface area contributed by atoms with Gasteiger partial charge in [0.15, 0.2) is 0 Å². The van der Waals surface area contributed by atoms with Crippen LogP contribution in [-0.2, 0) is 0 Å². The molecule has 0 aliphatic rings. The first-order chi connectivity index (χ1) is 30.0. The fourth-order valence-corrected chi connectivity index (χ4v) is 4.09. The summed E-state index contributed by atoms with van der Waals surface area (Å²) in [5, 5.41) is 0.840. The normalized spacial score (nSPS) is 7.98. The Morgan fingerprint density at radius 1 is 0.371 bits per heavy atom. The molecule has 6 aromatic rings. The summed E-state index contributed by atoms with van der Waals surface area (Å²) in [6, 6.07) is 49.1. The van der Waals surface area contributed by atoms with Gasteiger partial charge >= 0.3 is 0 Å². The Morgan fingerprint density at radius 2 is 0.677 bits per heavy atom. The van der Waals surface area contributed by atoms with Gasteiger partial charge in [0.2, 0.25) is 0 Å². The second kappa shape index (κ2) is 54.2. The molecule has 0 saturated heterocycles. The Morgan fingerprint density at radius 3 is 0.903 bits per heavy atom. The Hall–Kier alpha value is -4.86. The highest BCUT2D eigenvalue weighted by Gasteiger charge is 1.93. The van der Waals surface area contributed by atoms with E-state index in [2.05, 4.69) is 57.2 Å². The quantitative estimate of drug-likeness (QED) is 0.176. The molecule has 0 spiro atoms. The number of benzene rings is 6. The van der Waals surface area contributed by atoms with Crippen molar-refractivity contribution in [3.05, 3.63) is 201 Å². The maximum absolute atomic E-state index is 12.3. The van der Waals surface area contributed by atoms with Crippen molar-refractivity contribution in [1.29, 1.82) is 0 Å². The van der Waals surface area contributed by atoms with E-state index in [1.807, 2.05) is 208 Å². The van der Waals surface area contributed by atoms with E-state index in [1.165, 1.54) is 33.9 Å². The first-order valence-corrected chi connectivity index (χ1v) is 23.1. The molecule has 0 atom stereocenters. The highest BCUT2D eigenvalue weighted by molar-refractivity contribution is 6.31.